The molecule has 0 saturated carbocycles. The zero-order valence-corrected chi connectivity index (χ0v) is 10.8. The molecule has 18 heavy (non-hydrogen) atoms. The van der Waals surface area contributed by atoms with Gasteiger partial charge in [0.15, 0.2) is 0 Å². The Morgan fingerprint density at radius 1 is 1.56 bits per heavy atom. The van der Waals surface area contributed by atoms with Gasteiger partial charge in [-0.3, -0.25) is 9.69 Å². The van der Waals surface area contributed by atoms with Crippen molar-refractivity contribution in [3.05, 3.63) is 48.3 Å². The first-order valence-corrected chi connectivity index (χ1v) is 5.88. The Labute approximate surface area is 107 Å². The summed E-state index contributed by atoms with van der Waals surface area (Å²) in [5.74, 6) is -0.336. The molecule has 0 aliphatic carbocycles. The summed E-state index contributed by atoms with van der Waals surface area (Å²) in [4.78, 5) is 13.5. The molecule has 0 saturated heterocycles. The molecule has 0 radical (unpaired) electrons. The Hall–Kier alpha value is -1.68. The van der Waals surface area contributed by atoms with E-state index in [0.29, 0.717) is 18.7 Å². The van der Waals surface area contributed by atoms with Gasteiger partial charge in [0.1, 0.15) is 5.82 Å². The summed E-state index contributed by atoms with van der Waals surface area (Å²) in [5, 5.41) is 2.72. The fourth-order valence-corrected chi connectivity index (χ4v) is 1.55. The summed E-state index contributed by atoms with van der Waals surface area (Å²) in [6, 6.07) is 6.27. The van der Waals surface area contributed by atoms with Crippen LogP contribution < -0.4 is 5.32 Å². The molecule has 0 spiro atoms. The smallest absolute Gasteiger partial charge is 0.237 e. The highest BCUT2D eigenvalue weighted by atomic mass is 19.1. The Balaban J connectivity index is 2.59. The summed E-state index contributed by atoms with van der Waals surface area (Å²) in [6.45, 7) is 6.17. The molecule has 0 unspecified atom stereocenters. The lowest BCUT2D eigenvalue weighted by molar-refractivity contribution is -0.125. The summed E-state index contributed by atoms with van der Waals surface area (Å²) >= 11 is 0. The minimum atomic E-state index is -0.315. The van der Waals surface area contributed by atoms with Crippen LogP contribution in [0.4, 0.5) is 4.39 Å². The maximum Gasteiger partial charge on any atom is 0.237 e. The van der Waals surface area contributed by atoms with Crippen molar-refractivity contribution in [3.63, 3.8) is 0 Å². The monoisotopic (exact) mass is 250 g/mol. The second kappa shape index (κ2) is 6.91. The van der Waals surface area contributed by atoms with Gasteiger partial charge in [0.2, 0.25) is 5.91 Å². The van der Waals surface area contributed by atoms with Gasteiger partial charge < -0.3 is 5.32 Å². The van der Waals surface area contributed by atoms with Crippen LogP contribution in [0.2, 0.25) is 0 Å². The zero-order chi connectivity index (χ0) is 13.5. The maximum absolute atomic E-state index is 13.5. The first-order valence-electron chi connectivity index (χ1n) is 5.88. The van der Waals surface area contributed by atoms with Gasteiger partial charge in [-0.05, 0) is 20.0 Å². The number of nitrogens with zero attached hydrogens (tertiary/aromatic N) is 1. The number of hydrogen-bond donors (Lipinski definition) is 1. The topological polar surface area (TPSA) is 32.3 Å². The highest BCUT2D eigenvalue weighted by Crippen LogP contribution is 2.10. The third kappa shape index (κ3) is 3.96. The molecule has 0 aliphatic rings. The van der Waals surface area contributed by atoms with Crippen LogP contribution in [0, 0.1) is 5.82 Å². The van der Waals surface area contributed by atoms with Crippen LogP contribution in [-0.4, -0.2) is 30.4 Å². The quantitative estimate of drug-likeness (QED) is 0.783. The highest BCUT2D eigenvalue weighted by Gasteiger charge is 2.18. The van der Waals surface area contributed by atoms with Crippen LogP contribution in [0.25, 0.3) is 0 Å². The summed E-state index contributed by atoms with van der Waals surface area (Å²) in [6.07, 6.45) is 1.63. The Morgan fingerprint density at radius 3 is 2.83 bits per heavy atom. The predicted octanol–water partition coefficient (Wildman–Crippen LogP) is 1.95. The van der Waals surface area contributed by atoms with Crippen molar-refractivity contribution in [1.82, 2.24) is 10.2 Å². The number of halogens is 1. The van der Waals surface area contributed by atoms with E-state index in [1.54, 1.807) is 43.1 Å². The number of benzene rings is 1. The van der Waals surface area contributed by atoms with Crippen LogP contribution in [0.3, 0.4) is 0 Å². The van der Waals surface area contributed by atoms with Crippen LogP contribution in [0.15, 0.2) is 36.9 Å². The molecule has 1 rings (SSSR count). The van der Waals surface area contributed by atoms with Gasteiger partial charge in [-0.1, -0.05) is 24.3 Å². The van der Waals surface area contributed by atoms with E-state index in [4.69, 9.17) is 0 Å². The van der Waals surface area contributed by atoms with Crippen LogP contribution in [-0.2, 0) is 11.3 Å². The van der Waals surface area contributed by atoms with Gasteiger partial charge in [-0.15, -0.1) is 6.58 Å². The number of likely N-dealkylation sites (N-methyl/N-ethyl adjacent to an activating group) is 1. The van der Waals surface area contributed by atoms with Gasteiger partial charge >= 0.3 is 0 Å². The van der Waals surface area contributed by atoms with E-state index in [0.717, 1.165) is 0 Å². The number of nitrogens with one attached hydrogen (secondary N) is 1. The molecule has 1 aromatic carbocycles. The molecule has 3 nitrogen and oxygen atoms in total. The third-order valence-corrected chi connectivity index (χ3v) is 2.84. The molecule has 1 amide bonds. The molecule has 0 heterocycles. The summed E-state index contributed by atoms with van der Waals surface area (Å²) in [5.41, 5.74) is 0.586. The second-order valence-electron chi connectivity index (χ2n) is 4.22. The van der Waals surface area contributed by atoms with Crippen molar-refractivity contribution >= 4 is 5.91 Å². The standard InChI is InChI=1S/C14H19FN2O/c1-4-9-16-14(18)11(2)17(3)10-12-7-5-6-8-13(12)15/h4-8,11H,1,9-10H2,2-3H3,(H,16,18)/t11-/m1/s1. The maximum atomic E-state index is 13.5. The summed E-state index contributed by atoms with van der Waals surface area (Å²) in [7, 11) is 1.80. The van der Waals surface area contributed by atoms with E-state index in [2.05, 4.69) is 11.9 Å². The fraction of sp³-hybridized carbons (Fsp3) is 0.357. The molecular formula is C14H19FN2O. The van der Waals surface area contributed by atoms with Gasteiger partial charge in [0, 0.05) is 18.7 Å². The van der Waals surface area contributed by atoms with Crippen molar-refractivity contribution in [2.75, 3.05) is 13.6 Å². The van der Waals surface area contributed by atoms with E-state index < -0.39 is 0 Å². The molecule has 0 aromatic heterocycles. The first-order chi connectivity index (χ1) is 8.56. The molecule has 0 bridgehead atoms. The summed E-state index contributed by atoms with van der Waals surface area (Å²) < 4.78 is 13.5. The lowest BCUT2D eigenvalue weighted by Gasteiger charge is -2.23. The molecular weight excluding hydrogens is 231 g/mol. The molecule has 1 N–H and O–H groups in total. The molecule has 98 valence electrons. The number of carbonyl (C=O) groups excluding carboxylic acids is 1. The number of rotatable bonds is 6. The van der Waals surface area contributed by atoms with Crippen molar-refractivity contribution in [3.8, 4) is 0 Å². The number of hydrogen-bond acceptors (Lipinski definition) is 2. The van der Waals surface area contributed by atoms with Crippen LogP contribution >= 0.6 is 0 Å². The van der Waals surface area contributed by atoms with E-state index >= 15 is 0 Å². The minimum Gasteiger partial charge on any atom is -0.351 e. The molecule has 4 heteroatoms. The van der Waals surface area contributed by atoms with Gasteiger partial charge in [0.25, 0.3) is 0 Å². The average Bonchev–Trinajstić information content (AvgIpc) is 2.37. The number of amides is 1. The van der Waals surface area contributed by atoms with E-state index in [-0.39, 0.29) is 17.8 Å². The lowest BCUT2D eigenvalue weighted by Crippen LogP contribution is -2.43. The third-order valence-electron chi connectivity index (χ3n) is 2.84. The Morgan fingerprint density at radius 2 is 2.22 bits per heavy atom. The Bertz CT molecular complexity index is 420. The Kier molecular flexibility index (Phi) is 5.52. The fourth-order valence-electron chi connectivity index (χ4n) is 1.55. The average molecular weight is 250 g/mol. The minimum absolute atomic E-state index is 0.0891. The van der Waals surface area contributed by atoms with Crippen molar-refractivity contribution < 1.29 is 9.18 Å². The van der Waals surface area contributed by atoms with Crippen LogP contribution in [0.1, 0.15) is 12.5 Å². The molecule has 0 fully saturated rings. The van der Waals surface area contributed by atoms with Gasteiger partial charge in [0.05, 0.1) is 6.04 Å². The van der Waals surface area contributed by atoms with Crippen molar-refractivity contribution in [2.24, 2.45) is 0 Å². The van der Waals surface area contributed by atoms with E-state index in [9.17, 15) is 9.18 Å². The predicted molar refractivity (Wildman–Crippen MR) is 70.5 cm³/mol. The second-order valence-corrected chi connectivity index (χ2v) is 4.22. The van der Waals surface area contributed by atoms with Crippen LogP contribution in [0.5, 0.6) is 0 Å². The first kappa shape index (κ1) is 14.4. The SMILES string of the molecule is C=CCNC(=O)[C@@H](C)N(C)Cc1ccccc1F. The van der Waals surface area contributed by atoms with E-state index in [1.165, 1.54) is 6.07 Å². The zero-order valence-electron chi connectivity index (χ0n) is 10.8. The molecule has 1 atom stereocenters. The van der Waals surface area contributed by atoms with Crippen molar-refractivity contribution in [2.45, 2.75) is 19.5 Å². The molecule has 1 aromatic rings. The largest absolute Gasteiger partial charge is 0.351 e. The highest BCUT2D eigenvalue weighted by molar-refractivity contribution is 5.81. The lowest BCUT2D eigenvalue weighted by atomic mass is 10.1. The normalized spacial score (nSPS) is 12.2. The number of carbonyl (C=O) groups is 1. The van der Waals surface area contributed by atoms with Crippen molar-refractivity contribution in [1.29, 1.82) is 0 Å². The molecule has 0 aliphatic heterocycles. The van der Waals surface area contributed by atoms with E-state index in [1.807, 2.05) is 0 Å². The van der Waals surface area contributed by atoms with Gasteiger partial charge in [-0.2, -0.15) is 0 Å². The van der Waals surface area contributed by atoms with Gasteiger partial charge in [-0.25, -0.2) is 4.39 Å².